The van der Waals surface area contributed by atoms with E-state index in [0.29, 0.717) is 5.69 Å². The van der Waals surface area contributed by atoms with Gasteiger partial charge in [-0.1, -0.05) is 0 Å². The summed E-state index contributed by atoms with van der Waals surface area (Å²) >= 11 is 0. The molecule has 0 spiro atoms. The fourth-order valence-electron chi connectivity index (χ4n) is 1.30. The van der Waals surface area contributed by atoms with Gasteiger partial charge in [-0.3, -0.25) is 9.97 Å². The molecule has 2 rings (SSSR count). The molecule has 1 radical (unpaired) electrons. The Hall–Kier alpha value is -2.11. The van der Waals surface area contributed by atoms with Crippen LogP contribution in [0.3, 0.4) is 0 Å². The molecule has 0 bridgehead atoms. The molecule has 4 nitrogen and oxygen atoms in total. The van der Waals surface area contributed by atoms with Gasteiger partial charge >= 0.3 is 0 Å². The summed E-state index contributed by atoms with van der Waals surface area (Å²) in [5, 5.41) is 0. The zero-order valence-corrected chi connectivity index (χ0v) is 10.5. The lowest BCUT2D eigenvalue weighted by Gasteiger charge is -2.20. The number of nitrogens with zero attached hydrogens (tertiary/aromatic N) is 3. The van der Waals surface area contributed by atoms with Crippen LogP contribution in [0.4, 0.5) is 8.78 Å². The molecule has 2 aromatic heterocycles. The van der Waals surface area contributed by atoms with Gasteiger partial charge in [-0.25, -0.2) is 13.8 Å². The fraction of sp³-hybridized carbons (Fsp3) is 0.308. The lowest BCUT2D eigenvalue weighted by molar-refractivity contribution is -0.0732. The van der Waals surface area contributed by atoms with E-state index in [2.05, 4.69) is 21.1 Å². The second-order valence-corrected chi connectivity index (χ2v) is 4.13. The van der Waals surface area contributed by atoms with Crippen LogP contribution in [0.25, 0.3) is 11.3 Å². The standard InChI is InChI=1S/C13H12F2N3O/c1-9(13(2,14)15)19-12-4-3-10(7-18-12)11-8-16-5-6-17-11/h3-4,6-9H,1-2H3. The third kappa shape index (κ3) is 3.43. The molecule has 0 aliphatic heterocycles. The number of ether oxygens (including phenoxy) is 1. The summed E-state index contributed by atoms with van der Waals surface area (Å²) in [5.41, 5.74) is 1.36. The van der Waals surface area contributed by atoms with Crippen molar-refractivity contribution < 1.29 is 13.5 Å². The zero-order chi connectivity index (χ0) is 13.9. The van der Waals surface area contributed by atoms with Crippen molar-refractivity contribution in [3.8, 4) is 17.1 Å². The van der Waals surface area contributed by atoms with Crippen molar-refractivity contribution in [2.24, 2.45) is 0 Å². The average molecular weight is 264 g/mol. The van der Waals surface area contributed by atoms with Gasteiger partial charge in [0.1, 0.15) is 6.20 Å². The quantitative estimate of drug-likeness (QED) is 0.852. The number of halogens is 2. The van der Waals surface area contributed by atoms with Crippen LogP contribution in [0.1, 0.15) is 13.8 Å². The van der Waals surface area contributed by atoms with Crippen molar-refractivity contribution in [1.82, 2.24) is 15.0 Å². The van der Waals surface area contributed by atoms with Gasteiger partial charge in [0.25, 0.3) is 5.92 Å². The van der Waals surface area contributed by atoms with E-state index in [1.165, 1.54) is 25.4 Å². The molecule has 6 heteroatoms. The smallest absolute Gasteiger partial charge is 0.281 e. The Labute approximate surface area is 109 Å². The van der Waals surface area contributed by atoms with E-state index in [9.17, 15) is 8.78 Å². The van der Waals surface area contributed by atoms with E-state index >= 15 is 0 Å². The minimum absolute atomic E-state index is 0.147. The van der Waals surface area contributed by atoms with Gasteiger partial charge in [-0.15, -0.1) is 0 Å². The SMILES string of the molecule is CC(Oc1ccc(-c2cn[c]cn2)cn1)C(C)(F)F. The summed E-state index contributed by atoms with van der Waals surface area (Å²) < 4.78 is 31.0. The maximum absolute atomic E-state index is 13.0. The first-order chi connectivity index (χ1) is 8.97. The molecule has 1 atom stereocenters. The van der Waals surface area contributed by atoms with Crippen LogP contribution in [0.2, 0.25) is 0 Å². The number of aromatic nitrogens is 3. The van der Waals surface area contributed by atoms with Crippen LogP contribution in [0.15, 0.2) is 30.7 Å². The molecule has 2 aromatic rings. The summed E-state index contributed by atoms with van der Waals surface area (Å²) in [6.07, 6.45) is 5.81. The molecule has 0 aliphatic rings. The Balaban J connectivity index is 2.11. The van der Waals surface area contributed by atoms with Gasteiger partial charge < -0.3 is 4.74 Å². The lowest BCUT2D eigenvalue weighted by atomic mass is 10.2. The van der Waals surface area contributed by atoms with Crippen molar-refractivity contribution in [3.63, 3.8) is 0 Å². The van der Waals surface area contributed by atoms with E-state index in [-0.39, 0.29) is 5.88 Å². The molecular formula is C13H12F2N3O. The number of pyridine rings is 1. The van der Waals surface area contributed by atoms with Crippen LogP contribution in [-0.4, -0.2) is 27.0 Å². The molecule has 0 N–H and O–H groups in total. The summed E-state index contributed by atoms with van der Waals surface area (Å²) in [7, 11) is 0. The molecule has 2 heterocycles. The largest absolute Gasteiger partial charge is 0.468 e. The highest BCUT2D eigenvalue weighted by atomic mass is 19.3. The van der Waals surface area contributed by atoms with Crippen molar-refractivity contribution in [3.05, 3.63) is 36.9 Å². The monoisotopic (exact) mass is 264 g/mol. The first-order valence-corrected chi connectivity index (χ1v) is 5.66. The van der Waals surface area contributed by atoms with Crippen molar-refractivity contribution in [2.45, 2.75) is 25.9 Å². The third-order valence-corrected chi connectivity index (χ3v) is 2.57. The highest BCUT2D eigenvalue weighted by molar-refractivity contribution is 5.56. The van der Waals surface area contributed by atoms with Crippen molar-refractivity contribution >= 4 is 0 Å². The average Bonchev–Trinajstić information content (AvgIpc) is 2.39. The minimum atomic E-state index is -2.92. The third-order valence-electron chi connectivity index (χ3n) is 2.57. The number of hydrogen-bond donors (Lipinski definition) is 0. The molecule has 0 saturated carbocycles. The van der Waals surface area contributed by atoms with Crippen molar-refractivity contribution in [1.29, 1.82) is 0 Å². The Kier molecular flexibility index (Phi) is 3.69. The van der Waals surface area contributed by atoms with Gasteiger partial charge in [0, 0.05) is 24.8 Å². The van der Waals surface area contributed by atoms with E-state index in [4.69, 9.17) is 4.74 Å². The molecule has 0 aliphatic carbocycles. The summed E-state index contributed by atoms with van der Waals surface area (Å²) in [4.78, 5) is 11.9. The van der Waals surface area contributed by atoms with Gasteiger partial charge in [0.2, 0.25) is 5.88 Å². The van der Waals surface area contributed by atoms with Crippen LogP contribution >= 0.6 is 0 Å². The van der Waals surface area contributed by atoms with Gasteiger partial charge in [-0.05, 0) is 13.0 Å². The normalized spacial score (nSPS) is 13.1. The van der Waals surface area contributed by atoms with E-state index in [1.54, 1.807) is 12.3 Å². The second kappa shape index (κ2) is 5.26. The minimum Gasteiger partial charge on any atom is -0.468 e. The summed E-state index contributed by atoms with van der Waals surface area (Å²) in [6, 6.07) is 3.21. The van der Waals surface area contributed by atoms with Gasteiger partial charge in [0.05, 0.1) is 18.1 Å². The van der Waals surface area contributed by atoms with Gasteiger partial charge in [0.15, 0.2) is 6.10 Å². The molecule has 0 amide bonds. The van der Waals surface area contributed by atoms with Crippen LogP contribution < -0.4 is 4.74 Å². The van der Waals surface area contributed by atoms with E-state index in [0.717, 1.165) is 12.5 Å². The highest BCUT2D eigenvalue weighted by Crippen LogP contribution is 2.23. The topological polar surface area (TPSA) is 47.9 Å². The predicted octanol–water partition coefficient (Wildman–Crippen LogP) is 2.76. The molecule has 1 unspecified atom stereocenters. The van der Waals surface area contributed by atoms with Crippen LogP contribution in [0, 0.1) is 6.20 Å². The number of hydrogen-bond acceptors (Lipinski definition) is 4. The fourth-order valence-corrected chi connectivity index (χ4v) is 1.30. The Morgan fingerprint density at radius 2 is 2.05 bits per heavy atom. The lowest BCUT2D eigenvalue weighted by Crippen LogP contribution is -2.32. The molecular weight excluding hydrogens is 252 g/mol. The number of alkyl halides is 2. The van der Waals surface area contributed by atoms with E-state index < -0.39 is 12.0 Å². The van der Waals surface area contributed by atoms with Crippen molar-refractivity contribution in [2.75, 3.05) is 0 Å². The zero-order valence-electron chi connectivity index (χ0n) is 10.5. The molecule has 19 heavy (non-hydrogen) atoms. The first-order valence-electron chi connectivity index (χ1n) is 5.66. The summed E-state index contributed by atoms with van der Waals surface area (Å²) in [6.45, 7) is 2.11. The molecule has 0 fully saturated rings. The molecule has 0 saturated heterocycles. The Morgan fingerprint density at radius 1 is 1.26 bits per heavy atom. The van der Waals surface area contributed by atoms with Crippen LogP contribution in [-0.2, 0) is 0 Å². The van der Waals surface area contributed by atoms with Gasteiger partial charge in [-0.2, -0.15) is 0 Å². The highest BCUT2D eigenvalue weighted by Gasteiger charge is 2.32. The predicted molar refractivity (Wildman–Crippen MR) is 64.8 cm³/mol. The maximum Gasteiger partial charge on any atom is 0.281 e. The Bertz CT molecular complexity index is 526. The molecule has 0 aromatic carbocycles. The van der Waals surface area contributed by atoms with E-state index in [1.807, 2.05) is 0 Å². The number of rotatable bonds is 4. The second-order valence-electron chi connectivity index (χ2n) is 4.13. The molecule has 99 valence electrons. The maximum atomic E-state index is 13.0. The Morgan fingerprint density at radius 3 is 2.58 bits per heavy atom. The summed E-state index contributed by atoms with van der Waals surface area (Å²) in [5.74, 6) is -2.77. The first kappa shape index (κ1) is 13.3. The van der Waals surface area contributed by atoms with Crippen LogP contribution in [0.5, 0.6) is 5.88 Å².